The van der Waals surface area contributed by atoms with E-state index in [1.54, 1.807) is 18.2 Å². The minimum absolute atomic E-state index is 0.0797. The van der Waals surface area contributed by atoms with E-state index in [0.29, 0.717) is 5.56 Å². The molecule has 0 aliphatic heterocycles. The van der Waals surface area contributed by atoms with Crippen LogP contribution < -0.4 is 4.74 Å². The van der Waals surface area contributed by atoms with Gasteiger partial charge in [-0.3, -0.25) is 0 Å². The van der Waals surface area contributed by atoms with Crippen molar-refractivity contribution >= 4 is 43.5 Å². The molecule has 112 valence electrons. The van der Waals surface area contributed by atoms with Crippen molar-refractivity contribution in [3.05, 3.63) is 62.0 Å². The fourth-order valence-electron chi connectivity index (χ4n) is 1.92. The van der Waals surface area contributed by atoms with Crippen molar-refractivity contribution in [2.45, 2.75) is 18.9 Å². The molecule has 6 heteroatoms. The van der Waals surface area contributed by atoms with E-state index in [1.165, 1.54) is 6.07 Å². The summed E-state index contributed by atoms with van der Waals surface area (Å²) in [5, 5.41) is -0.605. The maximum absolute atomic E-state index is 12.5. The Morgan fingerprint density at radius 3 is 2.38 bits per heavy atom. The first kappa shape index (κ1) is 16.7. The Labute approximate surface area is 143 Å². The van der Waals surface area contributed by atoms with Gasteiger partial charge in [0.25, 0.3) is 0 Å². The molecule has 2 aromatic carbocycles. The highest BCUT2D eigenvalue weighted by molar-refractivity contribution is 9.11. The van der Waals surface area contributed by atoms with Gasteiger partial charge in [-0.1, -0.05) is 50.1 Å². The molecule has 0 saturated carbocycles. The molecule has 0 aliphatic carbocycles. The normalized spacial score (nSPS) is 12.5. The van der Waals surface area contributed by atoms with Crippen LogP contribution in [0.3, 0.4) is 0 Å². The summed E-state index contributed by atoms with van der Waals surface area (Å²) >= 11 is 13.4. The molecule has 0 spiro atoms. The van der Waals surface area contributed by atoms with Crippen molar-refractivity contribution < 1.29 is 13.5 Å². The van der Waals surface area contributed by atoms with Gasteiger partial charge in [-0.2, -0.15) is 8.78 Å². The van der Waals surface area contributed by atoms with E-state index in [2.05, 4.69) is 36.6 Å². The molecular weight excluding hydrogens is 429 g/mol. The van der Waals surface area contributed by atoms with Crippen LogP contribution in [-0.4, -0.2) is 6.61 Å². The zero-order chi connectivity index (χ0) is 15.6. The van der Waals surface area contributed by atoms with Gasteiger partial charge in [0.2, 0.25) is 0 Å². The Kier molecular flexibility index (Phi) is 5.63. The van der Waals surface area contributed by atoms with E-state index < -0.39 is 12.0 Å². The molecule has 1 nitrogen and oxygen atoms in total. The maximum atomic E-state index is 12.5. The summed E-state index contributed by atoms with van der Waals surface area (Å²) in [6.07, 6.45) is 0. The summed E-state index contributed by atoms with van der Waals surface area (Å²) in [5.41, 5.74) is 2.32. The third-order valence-electron chi connectivity index (χ3n) is 2.96. The summed E-state index contributed by atoms with van der Waals surface area (Å²) in [6, 6.07) is 10.3. The van der Waals surface area contributed by atoms with Crippen LogP contribution in [0.15, 0.2) is 45.3 Å². The van der Waals surface area contributed by atoms with Crippen LogP contribution in [-0.2, 0) is 0 Å². The van der Waals surface area contributed by atoms with Gasteiger partial charge >= 0.3 is 6.61 Å². The van der Waals surface area contributed by atoms with Crippen molar-refractivity contribution in [1.82, 2.24) is 0 Å². The lowest BCUT2D eigenvalue weighted by molar-refractivity contribution is -0.0504. The van der Waals surface area contributed by atoms with E-state index >= 15 is 0 Å². The van der Waals surface area contributed by atoms with E-state index in [-0.39, 0.29) is 5.75 Å². The van der Waals surface area contributed by atoms with Crippen LogP contribution in [0.5, 0.6) is 5.75 Å². The molecule has 0 aliphatic rings. The van der Waals surface area contributed by atoms with Gasteiger partial charge in [0.15, 0.2) is 0 Å². The van der Waals surface area contributed by atoms with Crippen LogP contribution >= 0.6 is 43.5 Å². The van der Waals surface area contributed by atoms with Crippen molar-refractivity contribution in [3.63, 3.8) is 0 Å². The number of halogens is 5. The third kappa shape index (κ3) is 3.96. The third-order valence-corrected chi connectivity index (χ3v) is 4.97. The van der Waals surface area contributed by atoms with Gasteiger partial charge in [0.1, 0.15) is 5.75 Å². The molecule has 0 fully saturated rings. The van der Waals surface area contributed by atoms with Gasteiger partial charge in [-0.15, -0.1) is 11.6 Å². The Balaban J connectivity index is 2.45. The first-order chi connectivity index (χ1) is 9.90. The number of benzene rings is 2. The average molecular weight is 441 g/mol. The Bertz CT molecular complexity index is 650. The number of alkyl halides is 3. The molecule has 2 rings (SSSR count). The van der Waals surface area contributed by atoms with Gasteiger partial charge in [0.05, 0.1) is 5.38 Å². The summed E-state index contributed by atoms with van der Waals surface area (Å²) < 4.78 is 31.2. The molecule has 1 atom stereocenters. The van der Waals surface area contributed by atoms with Crippen LogP contribution in [0, 0.1) is 6.92 Å². The lowest BCUT2D eigenvalue weighted by Crippen LogP contribution is -2.06. The Hall–Kier alpha value is -0.650. The minimum Gasteiger partial charge on any atom is -0.434 e. The lowest BCUT2D eigenvalue weighted by atomic mass is 10.0. The topological polar surface area (TPSA) is 9.23 Å². The number of hydrogen-bond donors (Lipinski definition) is 0. The average Bonchev–Trinajstić information content (AvgIpc) is 2.42. The molecule has 0 bridgehead atoms. The molecular formula is C15H11Br2ClF2O. The second kappa shape index (κ2) is 7.07. The molecule has 2 aromatic rings. The van der Waals surface area contributed by atoms with Crippen molar-refractivity contribution in [1.29, 1.82) is 0 Å². The van der Waals surface area contributed by atoms with Gasteiger partial charge in [0, 0.05) is 14.5 Å². The summed E-state index contributed by atoms with van der Waals surface area (Å²) in [5.74, 6) is 0.0797. The number of ether oxygens (including phenoxy) is 1. The molecule has 21 heavy (non-hydrogen) atoms. The maximum Gasteiger partial charge on any atom is 0.387 e. The molecule has 0 heterocycles. The standard InChI is InChI=1S/C15H11Br2ClF2O/c1-8-6-12(17)10(7-11(8)16)14(18)9-4-2-3-5-13(9)21-15(19)20/h2-7,14-15H,1H3. The number of para-hydroxylation sites is 1. The molecule has 0 radical (unpaired) electrons. The molecule has 0 aromatic heterocycles. The molecule has 0 N–H and O–H groups in total. The Morgan fingerprint density at radius 2 is 1.71 bits per heavy atom. The van der Waals surface area contributed by atoms with Crippen LogP contribution in [0.4, 0.5) is 8.78 Å². The first-order valence-corrected chi connectivity index (χ1v) is 8.05. The SMILES string of the molecule is Cc1cc(Br)c(C(Cl)c2ccccc2OC(F)F)cc1Br. The van der Waals surface area contributed by atoms with Crippen LogP contribution in [0.25, 0.3) is 0 Å². The highest BCUT2D eigenvalue weighted by Crippen LogP contribution is 2.40. The predicted octanol–water partition coefficient (Wildman–Crippen LogP) is 6.45. The van der Waals surface area contributed by atoms with E-state index in [9.17, 15) is 8.78 Å². The van der Waals surface area contributed by atoms with Crippen molar-refractivity contribution in [3.8, 4) is 5.75 Å². The van der Waals surface area contributed by atoms with E-state index in [0.717, 1.165) is 20.1 Å². The summed E-state index contributed by atoms with van der Waals surface area (Å²) in [4.78, 5) is 0. The summed E-state index contributed by atoms with van der Waals surface area (Å²) in [6.45, 7) is -0.932. The minimum atomic E-state index is -2.89. The zero-order valence-corrected chi connectivity index (χ0v) is 14.8. The first-order valence-electron chi connectivity index (χ1n) is 6.03. The Morgan fingerprint density at radius 1 is 1.05 bits per heavy atom. The van der Waals surface area contributed by atoms with Crippen molar-refractivity contribution in [2.75, 3.05) is 0 Å². The quantitative estimate of drug-likeness (QED) is 0.497. The smallest absolute Gasteiger partial charge is 0.387 e. The zero-order valence-electron chi connectivity index (χ0n) is 10.9. The van der Waals surface area contributed by atoms with Crippen LogP contribution in [0.2, 0.25) is 0 Å². The fourth-order valence-corrected chi connectivity index (χ4v) is 3.46. The lowest BCUT2D eigenvalue weighted by Gasteiger charge is -2.17. The van der Waals surface area contributed by atoms with Gasteiger partial charge in [-0.25, -0.2) is 0 Å². The van der Waals surface area contributed by atoms with Gasteiger partial charge in [-0.05, 0) is 36.2 Å². The molecule has 1 unspecified atom stereocenters. The predicted molar refractivity (Wildman–Crippen MR) is 87.3 cm³/mol. The number of rotatable bonds is 4. The summed E-state index contributed by atoms with van der Waals surface area (Å²) in [7, 11) is 0. The molecule has 0 saturated heterocycles. The van der Waals surface area contributed by atoms with Gasteiger partial charge < -0.3 is 4.74 Å². The van der Waals surface area contributed by atoms with Crippen molar-refractivity contribution in [2.24, 2.45) is 0 Å². The van der Waals surface area contributed by atoms with E-state index in [4.69, 9.17) is 11.6 Å². The van der Waals surface area contributed by atoms with E-state index in [1.807, 2.05) is 19.1 Å². The molecule has 0 amide bonds. The fraction of sp³-hybridized carbons (Fsp3) is 0.200. The second-order valence-corrected chi connectivity index (χ2v) is 6.55. The van der Waals surface area contributed by atoms with Crippen LogP contribution in [0.1, 0.15) is 22.1 Å². The highest BCUT2D eigenvalue weighted by Gasteiger charge is 2.20. The number of hydrogen-bond acceptors (Lipinski definition) is 1. The largest absolute Gasteiger partial charge is 0.434 e. The second-order valence-electron chi connectivity index (χ2n) is 4.40. The number of aryl methyl sites for hydroxylation is 1. The highest BCUT2D eigenvalue weighted by atomic mass is 79.9. The monoisotopic (exact) mass is 438 g/mol.